The number of hydrogen-bond acceptors (Lipinski definition) is 5. The molecule has 2 aliphatic rings. The average Bonchev–Trinajstić information content (AvgIpc) is 3.18. The predicted molar refractivity (Wildman–Crippen MR) is 109 cm³/mol. The zero-order chi connectivity index (χ0) is 18.5. The molecule has 0 atom stereocenters. The van der Waals surface area contributed by atoms with Gasteiger partial charge in [-0.2, -0.15) is 0 Å². The molecule has 2 amide bonds. The van der Waals surface area contributed by atoms with Crippen LogP contribution in [0.15, 0.2) is 53.8 Å². The standard InChI is InChI=1S/C20H25N5OS/c26-20(23-19-13-21-6-7-22-19)25-10-8-24(9-11-25)14-18-12-17(15-27-18)16-4-2-1-3-5-16/h1-5,12-13,15,21-22H,6-11,14H2,(H,23,26). The molecule has 0 unspecified atom stereocenters. The van der Waals surface area contributed by atoms with Gasteiger partial charge in [0.1, 0.15) is 5.82 Å². The number of thiophene rings is 1. The van der Waals surface area contributed by atoms with Gasteiger partial charge in [0, 0.05) is 56.9 Å². The Morgan fingerprint density at radius 2 is 1.89 bits per heavy atom. The molecule has 0 bridgehead atoms. The Labute approximate surface area is 163 Å². The first kappa shape index (κ1) is 17.9. The number of rotatable bonds is 4. The summed E-state index contributed by atoms with van der Waals surface area (Å²) in [4.78, 5) is 18.1. The lowest BCUT2D eigenvalue weighted by atomic mass is 10.1. The van der Waals surface area contributed by atoms with Crippen molar-refractivity contribution in [2.45, 2.75) is 6.54 Å². The number of benzene rings is 1. The van der Waals surface area contributed by atoms with E-state index >= 15 is 0 Å². The van der Waals surface area contributed by atoms with Crippen LogP contribution in [0.4, 0.5) is 4.79 Å². The Bertz CT molecular complexity index is 796. The second kappa shape index (κ2) is 8.45. The van der Waals surface area contributed by atoms with E-state index in [1.165, 1.54) is 16.0 Å². The van der Waals surface area contributed by atoms with E-state index in [4.69, 9.17) is 0 Å². The molecular weight excluding hydrogens is 358 g/mol. The van der Waals surface area contributed by atoms with Crippen molar-refractivity contribution in [3.63, 3.8) is 0 Å². The van der Waals surface area contributed by atoms with Crippen molar-refractivity contribution in [1.29, 1.82) is 0 Å². The third kappa shape index (κ3) is 4.61. The van der Waals surface area contributed by atoms with Crippen molar-refractivity contribution >= 4 is 17.4 Å². The lowest BCUT2D eigenvalue weighted by Gasteiger charge is -2.34. The third-order valence-corrected chi connectivity index (χ3v) is 5.79. The summed E-state index contributed by atoms with van der Waals surface area (Å²) in [5, 5.41) is 11.5. The molecule has 142 valence electrons. The molecule has 3 N–H and O–H groups in total. The van der Waals surface area contributed by atoms with E-state index < -0.39 is 0 Å². The SMILES string of the molecule is O=C(NC1=CNCCN1)N1CCN(Cc2cc(-c3ccccc3)cs2)CC1. The quantitative estimate of drug-likeness (QED) is 0.758. The Balaban J connectivity index is 1.26. The number of carbonyl (C=O) groups excluding carboxylic acids is 1. The van der Waals surface area contributed by atoms with Crippen molar-refractivity contribution < 1.29 is 4.79 Å². The van der Waals surface area contributed by atoms with E-state index in [9.17, 15) is 4.79 Å². The first-order valence-corrected chi connectivity index (χ1v) is 10.2. The number of hydrogen-bond donors (Lipinski definition) is 3. The summed E-state index contributed by atoms with van der Waals surface area (Å²) in [6.07, 6.45) is 1.82. The summed E-state index contributed by atoms with van der Waals surface area (Å²) in [6.45, 7) is 5.96. The van der Waals surface area contributed by atoms with Crippen molar-refractivity contribution in [2.24, 2.45) is 0 Å². The number of amides is 2. The van der Waals surface area contributed by atoms with Gasteiger partial charge in [-0.3, -0.25) is 10.2 Å². The van der Waals surface area contributed by atoms with E-state index in [2.05, 4.69) is 56.6 Å². The van der Waals surface area contributed by atoms with Gasteiger partial charge >= 0.3 is 6.03 Å². The maximum atomic E-state index is 12.4. The average molecular weight is 384 g/mol. The van der Waals surface area contributed by atoms with Crippen LogP contribution in [0.5, 0.6) is 0 Å². The van der Waals surface area contributed by atoms with E-state index in [-0.39, 0.29) is 6.03 Å². The highest BCUT2D eigenvalue weighted by molar-refractivity contribution is 7.10. The number of nitrogens with zero attached hydrogens (tertiary/aromatic N) is 2. The summed E-state index contributed by atoms with van der Waals surface area (Å²) < 4.78 is 0. The van der Waals surface area contributed by atoms with Gasteiger partial charge in [0.05, 0.1) is 0 Å². The molecule has 0 aliphatic carbocycles. The molecule has 3 heterocycles. The van der Waals surface area contributed by atoms with Crippen molar-refractivity contribution in [3.05, 3.63) is 58.7 Å². The fourth-order valence-electron chi connectivity index (χ4n) is 3.34. The summed E-state index contributed by atoms with van der Waals surface area (Å²) in [5.74, 6) is 0.751. The van der Waals surface area contributed by atoms with E-state index in [0.717, 1.165) is 51.6 Å². The molecule has 1 aromatic heterocycles. The van der Waals surface area contributed by atoms with Gasteiger partial charge in [-0.25, -0.2) is 4.79 Å². The maximum absolute atomic E-state index is 12.4. The largest absolute Gasteiger partial charge is 0.386 e. The molecule has 1 fully saturated rings. The van der Waals surface area contributed by atoms with Gasteiger partial charge < -0.3 is 15.5 Å². The Morgan fingerprint density at radius 3 is 2.63 bits per heavy atom. The van der Waals surface area contributed by atoms with Gasteiger partial charge in [0.25, 0.3) is 0 Å². The molecular formula is C20H25N5OS. The minimum Gasteiger partial charge on any atom is -0.386 e. The Hall–Kier alpha value is -2.51. The molecule has 2 aromatic rings. The van der Waals surface area contributed by atoms with Crippen LogP contribution < -0.4 is 16.0 Å². The lowest BCUT2D eigenvalue weighted by Crippen LogP contribution is -2.52. The number of nitrogens with one attached hydrogen (secondary N) is 3. The molecule has 0 radical (unpaired) electrons. The van der Waals surface area contributed by atoms with Crippen LogP contribution in [0.1, 0.15) is 4.88 Å². The fourth-order valence-corrected chi connectivity index (χ4v) is 4.28. The fraction of sp³-hybridized carbons (Fsp3) is 0.350. The monoisotopic (exact) mass is 383 g/mol. The highest BCUT2D eigenvalue weighted by atomic mass is 32.1. The Morgan fingerprint density at radius 1 is 1.07 bits per heavy atom. The lowest BCUT2D eigenvalue weighted by molar-refractivity contribution is 0.137. The molecule has 0 spiro atoms. The van der Waals surface area contributed by atoms with E-state index in [0.29, 0.717) is 0 Å². The van der Waals surface area contributed by atoms with Crippen LogP contribution in [0.25, 0.3) is 11.1 Å². The Kier molecular flexibility index (Phi) is 5.60. The number of piperazine rings is 1. The van der Waals surface area contributed by atoms with Crippen LogP contribution >= 0.6 is 11.3 Å². The summed E-state index contributed by atoms with van der Waals surface area (Å²) in [5.41, 5.74) is 2.55. The summed E-state index contributed by atoms with van der Waals surface area (Å²) >= 11 is 1.81. The zero-order valence-electron chi connectivity index (χ0n) is 15.3. The molecule has 4 rings (SSSR count). The number of urea groups is 1. The first-order valence-electron chi connectivity index (χ1n) is 9.36. The summed E-state index contributed by atoms with van der Waals surface area (Å²) in [7, 11) is 0. The molecule has 27 heavy (non-hydrogen) atoms. The summed E-state index contributed by atoms with van der Waals surface area (Å²) in [6, 6.07) is 12.7. The van der Waals surface area contributed by atoms with Crippen molar-refractivity contribution in [1.82, 2.24) is 25.8 Å². The predicted octanol–water partition coefficient (Wildman–Crippen LogP) is 2.23. The van der Waals surface area contributed by atoms with Crippen LogP contribution in [-0.2, 0) is 6.54 Å². The third-order valence-electron chi connectivity index (χ3n) is 4.87. The first-order chi connectivity index (χ1) is 13.3. The van der Waals surface area contributed by atoms with E-state index in [1.54, 1.807) is 0 Å². The topological polar surface area (TPSA) is 59.6 Å². The van der Waals surface area contributed by atoms with Crippen LogP contribution in [0.3, 0.4) is 0 Å². The molecule has 0 saturated carbocycles. The van der Waals surface area contributed by atoms with Gasteiger partial charge in [-0.05, 0) is 22.6 Å². The van der Waals surface area contributed by atoms with Gasteiger partial charge in [0.15, 0.2) is 0 Å². The second-order valence-corrected chi connectivity index (χ2v) is 7.80. The minimum absolute atomic E-state index is 0.0282. The van der Waals surface area contributed by atoms with Crippen LogP contribution in [0, 0.1) is 0 Å². The highest BCUT2D eigenvalue weighted by Crippen LogP contribution is 2.26. The van der Waals surface area contributed by atoms with Gasteiger partial charge in [0.2, 0.25) is 0 Å². The smallest absolute Gasteiger partial charge is 0.323 e. The minimum atomic E-state index is -0.0282. The van der Waals surface area contributed by atoms with Gasteiger partial charge in [-0.15, -0.1) is 11.3 Å². The molecule has 7 heteroatoms. The van der Waals surface area contributed by atoms with Crippen LogP contribution in [-0.4, -0.2) is 55.1 Å². The van der Waals surface area contributed by atoms with Crippen molar-refractivity contribution in [2.75, 3.05) is 39.3 Å². The van der Waals surface area contributed by atoms with Gasteiger partial charge in [-0.1, -0.05) is 30.3 Å². The van der Waals surface area contributed by atoms with Crippen molar-refractivity contribution in [3.8, 4) is 11.1 Å². The molecule has 6 nitrogen and oxygen atoms in total. The molecule has 1 saturated heterocycles. The highest BCUT2D eigenvalue weighted by Gasteiger charge is 2.22. The normalized spacial score (nSPS) is 17.6. The molecule has 2 aliphatic heterocycles. The maximum Gasteiger partial charge on any atom is 0.323 e. The van der Waals surface area contributed by atoms with E-state index in [1.807, 2.05) is 28.5 Å². The number of carbonyl (C=O) groups is 1. The van der Waals surface area contributed by atoms with Crippen LogP contribution in [0.2, 0.25) is 0 Å². The molecule has 1 aromatic carbocycles. The zero-order valence-corrected chi connectivity index (χ0v) is 16.1. The second-order valence-electron chi connectivity index (χ2n) is 6.80.